The molecule has 0 aliphatic carbocycles. The molecule has 0 aromatic heterocycles. The molecule has 0 bridgehead atoms. The summed E-state index contributed by atoms with van der Waals surface area (Å²) in [6.45, 7) is 28.0. The fourth-order valence-electron chi connectivity index (χ4n) is 2.81. The van der Waals surface area contributed by atoms with Gasteiger partial charge >= 0.3 is 0 Å². The van der Waals surface area contributed by atoms with Gasteiger partial charge in [0.25, 0.3) is 0 Å². The predicted molar refractivity (Wildman–Crippen MR) is 160 cm³/mol. The molecule has 0 saturated carbocycles. The van der Waals surface area contributed by atoms with Gasteiger partial charge in [0, 0.05) is 29.1 Å². The zero-order valence-corrected chi connectivity index (χ0v) is 27.4. The van der Waals surface area contributed by atoms with E-state index in [2.05, 4.69) is 99.8 Å². The lowest BCUT2D eigenvalue weighted by Gasteiger charge is -2.36. The Morgan fingerprint density at radius 3 is 1.89 bits per heavy atom. The number of carbonyl (C=O) groups is 1. The van der Waals surface area contributed by atoms with E-state index in [9.17, 15) is 4.79 Å². The maximum Gasteiger partial charge on any atom is 0.192 e. The number of rotatable bonds is 13. The van der Waals surface area contributed by atoms with Crippen LogP contribution >= 0.6 is 11.8 Å². The zero-order chi connectivity index (χ0) is 27.1. The summed E-state index contributed by atoms with van der Waals surface area (Å²) in [7, 11) is -3.67. The fourth-order valence-corrected chi connectivity index (χ4v) is 5.82. The van der Waals surface area contributed by atoms with Gasteiger partial charge in [-0.25, -0.2) is 0 Å². The lowest BCUT2D eigenvalue weighted by atomic mass is 9.86. The zero-order valence-electron chi connectivity index (χ0n) is 24.6. The summed E-state index contributed by atoms with van der Waals surface area (Å²) in [5.74, 6) is 1.05. The molecule has 6 heteroatoms. The maximum absolute atomic E-state index is 13.4. The van der Waals surface area contributed by atoms with Crippen molar-refractivity contribution in [3.05, 3.63) is 42.0 Å². The van der Waals surface area contributed by atoms with Gasteiger partial charge in [0.15, 0.2) is 16.6 Å². The molecule has 0 atom stereocenters. The van der Waals surface area contributed by atoms with E-state index in [4.69, 9.17) is 8.85 Å². The minimum absolute atomic E-state index is 0.166. The van der Waals surface area contributed by atoms with Crippen molar-refractivity contribution in [1.29, 1.82) is 0 Å². The van der Waals surface area contributed by atoms with Crippen LogP contribution in [-0.2, 0) is 13.6 Å². The number of hydrogen-bond donors (Lipinski definition) is 0. The number of Topliss-reactive ketones (excluding diaryl/α,β-unsaturated/α-hetero) is 1. The van der Waals surface area contributed by atoms with Crippen molar-refractivity contribution in [2.45, 2.75) is 109 Å². The highest BCUT2D eigenvalue weighted by Gasteiger charge is 2.38. The Balaban J connectivity index is 2.91. The van der Waals surface area contributed by atoms with Crippen molar-refractivity contribution in [3.63, 3.8) is 0 Å². The van der Waals surface area contributed by atoms with E-state index in [1.807, 2.05) is 18.2 Å². The fraction of sp³-hybridized carbons (Fsp3) is 0.690. The summed E-state index contributed by atoms with van der Waals surface area (Å²) in [5.41, 5.74) is 0.741. The number of ketones is 1. The third-order valence-electron chi connectivity index (χ3n) is 7.80. The van der Waals surface area contributed by atoms with Gasteiger partial charge in [-0.15, -0.1) is 11.8 Å². The van der Waals surface area contributed by atoms with Gasteiger partial charge in [0.05, 0.1) is 6.61 Å². The molecule has 1 aromatic carbocycles. The molecule has 1 rings (SSSR count). The topological polar surface area (TPSA) is 35.5 Å². The standard InChI is InChI=1S/C29H52O3SSi2/c1-27(2,3)34(9,10)31-20-18-24(19-21-32-35(11,12)28(4,5)6)22-26(30)29(7,8)23-33-25-16-14-13-15-17-25/h13-18H,19-23H2,1-12H3/b24-18+. The smallest absolute Gasteiger partial charge is 0.192 e. The summed E-state index contributed by atoms with van der Waals surface area (Å²) in [6, 6.07) is 10.3. The Morgan fingerprint density at radius 2 is 1.37 bits per heavy atom. The van der Waals surface area contributed by atoms with Crippen LogP contribution in [0.1, 0.15) is 68.2 Å². The van der Waals surface area contributed by atoms with Gasteiger partial charge in [-0.3, -0.25) is 4.79 Å². The summed E-state index contributed by atoms with van der Waals surface area (Å²) in [5, 5.41) is 0.341. The second-order valence-corrected chi connectivity index (χ2v) is 24.0. The number of carbonyl (C=O) groups excluding carboxylic acids is 1. The van der Waals surface area contributed by atoms with Crippen molar-refractivity contribution < 1.29 is 13.6 Å². The Kier molecular flexibility index (Phi) is 11.8. The van der Waals surface area contributed by atoms with E-state index in [1.54, 1.807) is 11.8 Å². The van der Waals surface area contributed by atoms with Crippen LogP contribution in [0.5, 0.6) is 0 Å². The molecule has 0 spiro atoms. The van der Waals surface area contributed by atoms with Gasteiger partial charge in [0.2, 0.25) is 0 Å². The first-order valence-electron chi connectivity index (χ1n) is 13.0. The van der Waals surface area contributed by atoms with Crippen LogP contribution in [0.4, 0.5) is 0 Å². The largest absolute Gasteiger partial charge is 0.417 e. The van der Waals surface area contributed by atoms with E-state index >= 15 is 0 Å². The van der Waals surface area contributed by atoms with E-state index in [0.717, 1.165) is 17.7 Å². The van der Waals surface area contributed by atoms with Gasteiger partial charge in [0.1, 0.15) is 5.78 Å². The lowest BCUT2D eigenvalue weighted by molar-refractivity contribution is -0.125. The summed E-state index contributed by atoms with van der Waals surface area (Å²) >= 11 is 1.75. The third kappa shape index (κ3) is 10.7. The lowest BCUT2D eigenvalue weighted by Crippen LogP contribution is -2.41. The third-order valence-corrected chi connectivity index (χ3v) is 18.3. The monoisotopic (exact) mass is 536 g/mol. The average Bonchev–Trinajstić information content (AvgIpc) is 2.71. The van der Waals surface area contributed by atoms with Crippen molar-refractivity contribution >= 4 is 34.2 Å². The first kappa shape index (κ1) is 32.4. The van der Waals surface area contributed by atoms with E-state index in [0.29, 0.717) is 19.6 Å². The SMILES string of the molecule is CC(C)(CSc1ccccc1)C(=O)C/C(=C/CO[Si](C)(C)C(C)(C)C)CCO[Si](C)(C)C(C)(C)C. The molecule has 0 amide bonds. The number of thioether (sulfide) groups is 1. The molecule has 0 fully saturated rings. The molecule has 0 aliphatic rings. The van der Waals surface area contributed by atoms with Gasteiger partial charge in [-0.1, -0.05) is 85.2 Å². The molecule has 1 aromatic rings. The van der Waals surface area contributed by atoms with Crippen LogP contribution in [-0.4, -0.2) is 41.4 Å². The van der Waals surface area contributed by atoms with Crippen molar-refractivity contribution in [1.82, 2.24) is 0 Å². The molecule has 0 aliphatic heterocycles. The summed E-state index contributed by atoms with van der Waals surface area (Å²) < 4.78 is 12.9. The average molecular weight is 537 g/mol. The van der Waals surface area contributed by atoms with Crippen LogP contribution in [0.3, 0.4) is 0 Å². The van der Waals surface area contributed by atoms with Gasteiger partial charge in [-0.2, -0.15) is 0 Å². The van der Waals surface area contributed by atoms with Crippen molar-refractivity contribution in [2.75, 3.05) is 19.0 Å². The van der Waals surface area contributed by atoms with Crippen molar-refractivity contribution in [2.24, 2.45) is 5.41 Å². The van der Waals surface area contributed by atoms with Crippen LogP contribution < -0.4 is 0 Å². The minimum Gasteiger partial charge on any atom is -0.417 e. The molecule has 200 valence electrons. The van der Waals surface area contributed by atoms with Crippen molar-refractivity contribution in [3.8, 4) is 0 Å². The van der Waals surface area contributed by atoms with E-state index < -0.39 is 22.0 Å². The highest BCUT2D eigenvalue weighted by atomic mass is 32.2. The number of hydrogen-bond acceptors (Lipinski definition) is 4. The molecular formula is C29H52O3SSi2. The molecular weight excluding hydrogens is 485 g/mol. The highest BCUT2D eigenvalue weighted by molar-refractivity contribution is 7.99. The second-order valence-electron chi connectivity index (χ2n) is 13.4. The molecule has 35 heavy (non-hydrogen) atoms. The Labute approximate surface area is 223 Å². The quantitative estimate of drug-likeness (QED) is 0.143. The Hall–Kier alpha value is -0.666. The van der Waals surface area contributed by atoms with Crippen LogP contribution in [0.25, 0.3) is 0 Å². The Morgan fingerprint density at radius 1 is 0.857 bits per heavy atom. The Bertz CT molecular complexity index is 832. The minimum atomic E-state index is -1.84. The van der Waals surface area contributed by atoms with Crippen LogP contribution in [0.2, 0.25) is 36.3 Å². The maximum atomic E-state index is 13.4. The predicted octanol–water partition coefficient (Wildman–Crippen LogP) is 9.12. The van der Waals surface area contributed by atoms with Crippen LogP contribution in [0, 0.1) is 5.41 Å². The highest BCUT2D eigenvalue weighted by Crippen LogP contribution is 2.38. The summed E-state index contributed by atoms with van der Waals surface area (Å²) in [4.78, 5) is 14.6. The normalized spacial score (nSPS) is 14.3. The van der Waals surface area contributed by atoms with E-state index in [-0.39, 0.29) is 15.9 Å². The molecule has 0 radical (unpaired) electrons. The first-order chi connectivity index (χ1) is 15.8. The molecule has 3 nitrogen and oxygen atoms in total. The van der Waals surface area contributed by atoms with Gasteiger partial charge < -0.3 is 8.85 Å². The molecule has 0 N–H and O–H groups in total. The first-order valence-corrected chi connectivity index (χ1v) is 19.8. The molecule has 0 unspecified atom stereocenters. The van der Waals surface area contributed by atoms with Gasteiger partial charge in [-0.05, 0) is 54.8 Å². The van der Waals surface area contributed by atoms with Crippen LogP contribution in [0.15, 0.2) is 46.9 Å². The second kappa shape index (κ2) is 12.7. The number of benzene rings is 1. The van der Waals surface area contributed by atoms with E-state index in [1.165, 1.54) is 4.90 Å². The summed E-state index contributed by atoms with van der Waals surface area (Å²) in [6.07, 6.45) is 3.40. The molecule has 0 heterocycles. The molecule has 0 saturated heterocycles.